The molecule has 0 radical (unpaired) electrons. The summed E-state index contributed by atoms with van der Waals surface area (Å²) in [5, 5.41) is 9.95. The van der Waals surface area contributed by atoms with Crippen molar-refractivity contribution in [3.63, 3.8) is 0 Å². The first-order valence-electron chi connectivity index (χ1n) is 11.5. The molecular formula is C25H35FN4O3. The highest BCUT2D eigenvalue weighted by Crippen LogP contribution is 2.27. The number of Topliss-reactive ketones (excluding diaryl/α,β-unsaturated/α-hetero) is 1. The summed E-state index contributed by atoms with van der Waals surface area (Å²) < 4.78 is 20.7. The van der Waals surface area contributed by atoms with Crippen LogP contribution in [-0.2, 0) is 4.79 Å². The predicted octanol–water partition coefficient (Wildman–Crippen LogP) is 3.95. The topological polar surface area (TPSA) is 78.8 Å². The monoisotopic (exact) mass is 458 g/mol. The Morgan fingerprint density at radius 2 is 2.06 bits per heavy atom. The molecule has 2 aromatic rings. The number of nitrogens with zero attached hydrogens (tertiary/aromatic N) is 4. The zero-order chi connectivity index (χ0) is 24.2. The van der Waals surface area contributed by atoms with E-state index in [4.69, 9.17) is 4.74 Å². The van der Waals surface area contributed by atoms with Crippen molar-refractivity contribution in [3.05, 3.63) is 41.8 Å². The number of carbonyl (C=O) groups excluding carboxylic acids is 1. The summed E-state index contributed by atoms with van der Waals surface area (Å²) in [6, 6.07) is 7.84. The fraction of sp³-hybridized carbons (Fsp3) is 0.560. The number of carbonyl (C=O) groups is 1. The molecule has 1 aliphatic rings. The van der Waals surface area contributed by atoms with Crippen LogP contribution in [0.2, 0.25) is 0 Å². The third-order valence-corrected chi connectivity index (χ3v) is 5.90. The van der Waals surface area contributed by atoms with E-state index >= 15 is 0 Å². The molecule has 3 rings (SSSR count). The lowest BCUT2D eigenvalue weighted by Gasteiger charge is -2.24. The standard InChI is InChI=1S/C25H35FN4O3/c1-17(14-18(2)31)19-6-8-20(9-7-19)33-21-10-12-30(16-21)23-22(26)15-27-24(28-23)29(5)13-11-25(3,4)32/h6-9,15,17,21,32H,10-14,16H2,1-5H3/t17-,21-/m1/s1. The maximum atomic E-state index is 14.5. The van der Waals surface area contributed by atoms with Crippen LogP contribution in [0.25, 0.3) is 0 Å². The molecule has 0 saturated carbocycles. The molecule has 2 heterocycles. The Morgan fingerprint density at radius 3 is 2.70 bits per heavy atom. The van der Waals surface area contributed by atoms with Crippen LogP contribution in [0.1, 0.15) is 58.4 Å². The summed E-state index contributed by atoms with van der Waals surface area (Å²) in [5.74, 6) is 1.35. The highest BCUT2D eigenvalue weighted by molar-refractivity contribution is 5.76. The van der Waals surface area contributed by atoms with Gasteiger partial charge in [-0.05, 0) is 50.8 Å². The van der Waals surface area contributed by atoms with Gasteiger partial charge in [0, 0.05) is 33.0 Å². The van der Waals surface area contributed by atoms with Crippen LogP contribution < -0.4 is 14.5 Å². The molecule has 0 amide bonds. The number of aliphatic hydroxyl groups is 1. The van der Waals surface area contributed by atoms with Gasteiger partial charge in [-0.2, -0.15) is 4.98 Å². The minimum absolute atomic E-state index is 0.0729. The first-order chi connectivity index (χ1) is 15.5. The minimum atomic E-state index is -0.791. The van der Waals surface area contributed by atoms with E-state index < -0.39 is 11.4 Å². The summed E-state index contributed by atoms with van der Waals surface area (Å²) in [6.45, 7) is 8.88. The Bertz CT molecular complexity index is 946. The van der Waals surface area contributed by atoms with E-state index in [1.807, 2.05) is 48.0 Å². The Labute approximate surface area is 195 Å². The predicted molar refractivity (Wildman–Crippen MR) is 128 cm³/mol. The molecule has 33 heavy (non-hydrogen) atoms. The largest absolute Gasteiger partial charge is 0.489 e. The van der Waals surface area contributed by atoms with Crippen molar-refractivity contribution in [2.24, 2.45) is 0 Å². The number of ketones is 1. The Morgan fingerprint density at radius 1 is 1.36 bits per heavy atom. The van der Waals surface area contributed by atoms with Crippen LogP contribution in [0.15, 0.2) is 30.5 Å². The molecule has 0 unspecified atom stereocenters. The highest BCUT2D eigenvalue weighted by Gasteiger charge is 2.28. The van der Waals surface area contributed by atoms with Crippen LogP contribution in [0.5, 0.6) is 5.75 Å². The Hall–Kier alpha value is -2.74. The fourth-order valence-electron chi connectivity index (χ4n) is 3.93. The zero-order valence-electron chi connectivity index (χ0n) is 20.2. The molecule has 0 bridgehead atoms. The van der Waals surface area contributed by atoms with Crippen molar-refractivity contribution in [3.8, 4) is 5.75 Å². The molecule has 2 atom stereocenters. The van der Waals surface area contributed by atoms with E-state index in [-0.39, 0.29) is 23.6 Å². The quantitative estimate of drug-likeness (QED) is 0.577. The number of hydrogen-bond donors (Lipinski definition) is 1. The zero-order valence-corrected chi connectivity index (χ0v) is 20.2. The smallest absolute Gasteiger partial charge is 0.227 e. The first-order valence-corrected chi connectivity index (χ1v) is 11.5. The van der Waals surface area contributed by atoms with Crippen LogP contribution in [0, 0.1) is 5.82 Å². The van der Waals surface area contributed by atoms with E-state index in [9.17, 15) is 14.3 Å². The molecule has 1 saturated heterocycles. The van der Waals surface area contributed by atoms with Crippen molar-refractivity contribution in [1.29, 1.82) is 0 Å². The lowest BCUT2D eigenvalue weighted by molar-refractivity contribution is -0.117. The second-order valence-corrected chi connectivity index (χ2v) is 9.68. The van der Waals surface area contributed by atoms with Gasteiger partial charge in [-0.3, -0.25) is 0 Å². The van der Waals surface area contributed by atoms with Crippen molar-refractivity contribution in [1.82, 2.24) is 9.97 Å². The number of halogens is 1. The van der Waals surface area contributed by atoms with Gasteiger partial charge in [0.2, 0.25) is 5.95 Å². The van der Waals surface area contributed by atoms with Crippen LogP contribution in [0.3, 0.4) is 0 Å². The van der Waals surface area contributed by atoms with E-state index in [1.54, 1.807) is 20.8 Å². The summed E-state index contributed by atoms with van der Waals surface area (Å²) >= 11 is 0. The number of hydrogen-bond acceptors (Lipinski definition) is 7. The maximum Gasteiger partial charge on any atom is 0.227 e. The van der Waals surface area contributed by atoms with Crippen LogP contribution in [0.4, 0.5) is 16.2 Å². The van der Waals surface area contributed by atoms with Gasteiger partial charge in [0.05, 0.1) is 18.3 Å². The molecular weight excluding hydrogens is 423 g/mol. The molecule has 7 nitrogen and oxygen atoms in total. The van der Waals surface area contributed by atoms with E-state index in [1.165, 1.54) is 6.20 Å². The third-order valence-electron chi connectivity index (χ3n) is 5.90. The number of ether oxygens (including phenoxy) is 1. The number of rotatable bonds is 10. The summed E-state index contributed by atoms with van der Waals surface area (Å²) in [4.78, 5) is 23.6. The molecule has 8 heteroatoms. The molecule has 0 aliphatic carbocycles. The third kappa shape index (κ3) is 7.12. The second kappa shape index (κ2) is 10.5. The van der Waals surface area contributed by atoms with Gasteiger partial charge in [0.1, 0.15) is 17.6 Å². The van der Waals surface area contributed by atoms with E-state index in [0.29, 0.717) is 38.4 Å². The number of aromatic nitrogens is 2. The average Bonchev–Trinajstić information content (AvgIpc) is 3.20. The van der Waals surface area contributed by atoms with E-state index in [0.717, 1.165) is 17.7 Å². The Kier molecular flexibility index (Phi) is 7.89. The van der Waals surface area contributed by atoms with Crippen molar-refractivity contribution >= 4 is 17.5 Å². The van der Waals surface area contributed by atoms with E-state index in [2.05, 4.69) is 9.97 Å². The van der Waals surface area contributed by atoms with Crippen LogP contribution >= 0.6 is 0 Å². The van der Waals surface area contributed by atoms with Crippen molar-refractivity contribution < 1.29 is 19.0 Å². The van der Waals surface area contributed by atoms with Gasteiger partial charge in [-0.25, -0.2) is 9.37 Å². The molecule has 1 aliphatic heterocycles. The maximum absolute atomic E-state index is 14.5. The summed E-state index contributed by atoms with van der Waals surface area (Å²) in [6.07, 6.45) is 2.96. The van der Waals surface area contributed by atoms with Gasteiger partial charge in [-0.1, -0.05) is 19.1 Å². The summed E-state index contributed by atoms with van der Waals surface area (Å²) in [5.41, 5.74) is 0.315. The van der Waals surface area contributed by atoms with Crippen molar-refractivity contribution in [2.75, 3.05) is 36.5 Å². The lowest BCUT2D eigenvalue weighted by atomic mass is 9.96. The number of benzene rings is 1. The molecule has 180 valence electrons. The van der Waals surface area contributed by atoms with Gasteiger partial charge in [-0.15, -0.1) is 0 Å². The minimum Gasteiger partial charge on any atom is -0.489 e. The van der Waals surface area contributed by atoms with Gasteiger partial charge >= 0.3 is 0 Å². The van der Waals surface area contributed by atoms with Gasteiger partial charge < -0.3 is 24.4 Å². The molecule has 1 N–H and O–H groups in total. The number of anilines is 2. The SMILES string of the molecule is CC(=O)C[C@@H](C)c1ccc(O[C@@H]2CCN(c3nc(N(C)CCC(C)(C)O)ncc3F)C2)cc1. The summed E-state index contributed by atoms with van der Waals surface area (Å²) in [7, 11) is 1.83. The van der Waals surface area contributed by atoms with Gasteiger partial charge in [0.25, 0.3) is 0 Å². The Balaban J connectivity index is 1.61. The van der Waals surface area contributed by atoms with Crippen molar-refractivity contribution in [2.45, 2.75) is 64.6 Å². The second-order valence-electron chi connectivity index (χ2n) is 9.68. The molecule has 1 aromatic heterocycles. The van der Waals surface area contributed by atoms with Gasteiger partial charge in [0.15, 0.2) is 11.6 Å². The van der Waals surface area contributed by atoms with Crippen LogP contribution in [-0.4, -0.2) is 59.2 Å². The highest BCUT2D eigenvalue weighted by atomic mass is 19.1. The lowest BCUT2D eigenvalue weighted by Crippen LogP contribution is -2.30. The first kappa shape index (κ1) is 24.9. The normalized spacial score (nSPS) is 17.2. The fourth-order valence-corrected chi connectivity index (χ4v) is 3.93. The molecule has 1 aromatic carbocycles. The average molecular weight is 459 g/mol. The molecule has 0 spiro atoms. The molecule has 1 fully saturated rings.